The van der Waals surface area contributed by atoms with Crippen molar-refractivity contribution in [2.75, 3.05) is 0 Å². The fraction of sp³-hybridized carbons (Fsp3) is 0.533. The molecule has 3 atom stereocenters. The number of aryl methyl sites for hydroxylation is 1. The van der Waals surface area contributed by atoms with Gasteiger partial charge >= 0.3 is 0 Å². The van der Waals surface area contributed by atoms with E-state index >= 15 is 0 Å². The van der Waals surface area contributed by atoms with Crippen molar-refractivity contribution in [3.8, 4) is 0 Å². The lowest BCUT2D eigenvalue weighted by atomic mass is 9.86. The van der Waals surface area contributed by atoms with E-state index < -0.39 is 0 Å². The molecule has 3 heteroatoms. The topological polar surface area (TPSA) is 17.1 Å². The summed E-state index contributed by atoms with van der Waals surface area (Å²) in [7, 11) is 0. The first-order valence-electron chi connectivity index (χ1n) is 6.53. The Morgan fingerprint density at radius 2 is 1.94 bits per heavy atom. The van der Waals surface area contributed by atoms with E-state index in [1.54, 1.807) is 11.8 Å². The van der Waals surface area contributed by atoms with Gasteiger partial charge in [0.1, 0.15) is 6.29 Å². The van der Waals surface area contributed by atoms with Gasteiger partial charge in [-0.1, -0.05) is 30.5 Å². The highest BCUT2D eigenvalue weighted by Gasteiger charge is 2.31. The molecule has 1 aromatic carbocycles. The first-order valence-corrected chi connectivity index (χ1v) is 7.85. The molecule has 1 nitrogen and oxygen atoms in total. The van der Waals surface area contributed by atoms with Crippen LogP contribution in [0.2, 0.25) is 0 Å². The van der Waals surface area contributed by atoms with Crippen molar-refractivity contribution in [1.29, 1.82) is 0 Å². The lowest BCUT2D eigenvalue weighted by molar-refractivity contribution is -0.108. The number of carbonyl (C=O) groups is 1. The summed E-state index contributed by atoms with van der Waals surface area (Å²) < 4.78 is 0. The lowest BCUT2D eigenvalue weighted by Gasteiger charge is -2.30. The van der Waals surface area contributed by atoms with E-state index in [4.69, 9.17) is 11.6 Å². The molecular weight excluding hydrogens is 264 g/mol. The summed E-state index contributed by atoms with van der Waals surface area (Å²) in [5.74, 6) is 0.323. The molecule has 1 fully saturated rings. The third-order valence-corrected chi connectivity index (χ3v) is 5.40. The van der Waals surface area contributed by atoms with Crippen molar-refractivity contribution >= 4 is 29.6 Å². The Balaban J connectivity index is 2.04. The van der Waals surface area contributed by atoms with Crippen LogP contribution in [-0.2, 0) is 4.79 Å². The minimum atomic E-state index is -0.00416. The molecule has 1 aliphatic rings. The Morgan fingerprint density at radius 3 is 2.56 bits per heavy atom. The van der Waals surface area contributed by atoms with Gasteiger partial charge in [-0.15, -0.1) is 23.4 Å². The smallest absolute Gasteiger partial charge is 0.133 e. The van der Waals surface area contributed by atoms with Gasteiger partial charge < -0.3 is 4.79 Å². The quantitative estimate of drug-likeness (QED) is 0.461. The summed E-state index contributed by atoms with van der Waals surface area (Å²) in [6, 6.07) is 8.34. The van der Waals surface area contributed by atoms with Gasteiger partial charge in [0.05, 0.1) is 5.25 Å². The number of aldehydes is 1. The van der Waals surface area contributed by atoms with E-state index in [-0.39, 0.29) is 10.6 Å². The van der Waals surface area contributed by atoms with Crippen LogP contribution in [-0.4, -0.2) is 16.9 Å². The molecule has 0 aromatic heterocycles. The maximum atomic E-state index is 11.3. The lowest BCUT2D eigenvalue weighted by Crippen LogP contribution is -2.30. The molecule has 0 aliphatic heterocycles. The minimum Gasteiger partial charge on any atom is -0.302 e. The van der Waals surface area contributed by atoms with Crippen molar-refractivity contribution in [3.63, 3.8) is 0 Å². The van der Waals surface area contributed by atoms with E-state index in [1.165, 1.54) is 18.4 Å². The second-order valence-corrected chi connectivity index (χ2v) is 6.81. The second-order valence-electron chi connectivity index (χ2n) is 5.00. The first-order chi connectivity index (χ1) is 8.70. The van der Waals surface area contributed by atoms with Crippen LogP contribution in [0.3, 0.4) is 0 Å². The molecule has 1 aliphatic carbocycles. The van der Waals surface area contributed by atoms with Gasteiger partial charge in [-0.05, 0) is 37.8 Å². The fourth-order valence-corrected chi connectivity index (χ4v) is 4.16. The maximum Gasteiger partial charge on any atom is 0.133 e. The van der Waals surface area contributed by atoms with Gasteiger partial charge in [0.2, 0.25) is 0 Å². The molecule has 1 saturated carbocycles. The van der Waals surface area contributed by atoms with Crippen molar-refractivity contribution in [3.05, 3.63) is 29.8 Å². The molecule has 0 saturated heterocycles. The Bertz CT molecular complexity index is 390. The summed E-state index contributed by atoms with van der Waals surface area (Å²) in [4.78, 5) is 12.5. The van der Waals surface area contributed by atoms with Crippen LogP contribution in [0.5, 0.6) is 0 Å². The van der Waals surface area contributed by atoms with E-state index in [0.717, 1.165) is 24.0 Å². The molecular formula is C15H19ClOS. The number of hydrogen-bond acceptors (Lipinski definition) is 2. The second kappa shape index (κ2) is 6.63. The van der Waals surface area contributed by atoms with E-state index in [0.29, 0.717) is 5.92 Å². The number of hydrogen-bond donors (Lipinski definition) is 0. The molecule has 1 aromatic rings. The average molecular weight is 283 g/mol. The average Bonchev–Trinajstić information content (AvgIpc) is 2.39. The third kappa shape index (κ3) is 3.52. The van der Waals surface area contributed by atoms with Gasteiger partial charge in [0.15, 0.2) is 0 Å². The number of carbonyl (C=O) groups excluding carboxylic acids is 1. The van der Waals surface area contributed by atoms with Crippen LogP contribution in [0.1, 0.15) is 31.2 Å². The normalized spacial score (nSPS) is 25.7. The predicted octanol–water partition coefficient (Wildman–Crippen LogP) is 4.45. The molecule has 0 heterocycles. The van der Waals surface area contributed by atoms with Crippen molar-refractivity contribution in [2.24, 2.45) is 5.92 Å². The third-order valence-electron chi connectivity index (χ3n) is 3.58. The maximum absolute atomic E-state index is 11.3. The monoisotopic (exact) mass is 282 g/mol. The predicted molar refractivity (Wildman–Crippen MR) is 78.5 cm³/mol. The van der Waals surface area contributed by atoms with Gasteiger partial charge in [0.25, 0.3) is 0 Å². The Morgan fingerprint density at radius 1 is 1.28 bits per heavy atom. The number of halogens is 1. The zero-order chi connectivity index (χ0) is 13.0. The van der Waals surface area contributed by atoms with Crippen molar-refractivity contribution in [1.82, 2.24) is 0 Å². The number of benzene rings is 1. The Kier molecular flexibility index (Phi) is 5.13. The molecule has 0 spiro atoms. The van der Waals surface area contributed by atoms with Gasteiger partial charge in [0, 0.05) is 10.3 Å². The number of alkyl halides is 1. The molecule has 0 bridgehead atoms. The summed E-state index contributed by atoms with van der Waals surface area (Å²) in [6.07, 6.45) is 5.61. The zero-order valence-corrected chi connectivity index (χ0v) is 12.2. The number of thioether (sulfide) groups is 1. The standard InChI is InChI=1S/C15H19ClOS/c1-11-6-8-12(9-7-11)18-15(10-17)13-4-2-3-5-14(13)16/h6-10,13-15H,2-5H2,1H3/t13-,14+,15+/m1/s1. The summed E-state index contributed by atoms with van der Waals surface area (Å²) >= 11 is 8.03. The molecule has 0 unspecified atom stereocenters. The van der Waals surface area contributed by atoms with Crippen LogP contribution < -0.4 is 0 Å². The Labute approximate surface area is 118 Å². The number of rotatable bonds is 4. The minimum absolute atomic E-state index is 0.00416. The van der Waals surface area contributed by atoms with Crippen LogP contribution in [0, 0.1) is 12.8 Å². The molecule has 0 radical (unpaired) electrons. The van der Waals surface area contributed by atoms with Crippen LogP contribution in [0.25, 0.3) is 0 Å². The van der Waals surface area contributed by atoms with Gasteiger partial charge in [-0.3, -0.25) is 0 Å². The van der Waals surface area contributed by atoms with Crippen LogP contribution >= 0.6 is 23.4 Å². The largest absolute Gasteiger partial charge is 0.302 e. The molecule has 98 valence electrons. The molecule has 18 heavy (non-hydrogen) atoms. The SMILES string of the molecule is Cc1ccc(S[C@@H](C=O)[C@@H]2CCCC[C@@H]2Cl)cc1. The molecule has 2 rings (SSSR count). The van der Waals surface area contributed by atoms with Crippen molar-refractivity contribution < 1.29 is 4.79 Å². The van der Waals surface area contributed by atoms with E-state index in [2.05, 4.69) is 31.2 Å². The van der Waals surface area contributed by atoms with Gasteiger partial charge in [-0.2, -0.15) is 0 Å². The summed E-state index contributed by atoms with van der Waals surface area (Å²) in [5.41, 5.74) is 1.25. The first kappa shape index (κ1) is 14.0. The highest BCUT2D eigenvalue weighted by Crippen LogP contribution is 2.37. The van der Waals surface area contributed by atoms with Gasteiger partial charge in [-0.25, -0.2) is 0 Å². The Hall–Kier alpha value is -0.470. The summed E-state index contributed by atoms with van der Waals surface area (Å²) in [6.45, 7) is 2.07. The molecule has 0 N–H and O–H groups in total. The van der Waals surface area contributed by atoms with E-state index in [9.17, 15) is 4.79 Å². The van der Waals surface area contributed by atoms with Crippen molar-refractivity contribution in [2.45, 2.75) is 48.1 Å². The summed E-state index contributed by atoms with van der Waals surface area (Å²) in [5, 5.41) is 0.155. The highest BCUT2D eigenvalue weighted by molar-refractivity contribution is 8.00. The highest BCUT2D eigenvalue weighted by atomic mass is 35.5. The molecule has 0 amide bonds. The fourth-order valence-electron chi connectivity index (χ4n) is 2.47. The van der Waals surface area contributed by atoms with Crippen LogP contribution in [0.4, 0.5) is 0 Å². The van der Waals surface area contributed by atoms with E-state index in [1.807, 2.05) is 0 Å². The van der Waals surface area contributed by atoms with Crippen LogP contribution in [0.15, 0.2) is 29.2 Å². The zero-order valence-electron chi connectivity index (χ0n) is 10.6.